The molecule has 0 aromatic heterocycles. The van der Waals surface area contributed by atoms with Crippen LogP contribution in [0.3, 0.4) is 0 Å². The van der Waals surface area contributed by atoms with Crippen molar-refractivity contribution in [2.45, 2.75) is 19.9 Å². The fourth-order valence-corrected chi connectivity index (χ4v) is 0.909. The first-order valence-electron chi connectivity index (χ1n) is 4.54. The number of hydrogen-bond acceptors (Lipinski definition) is 4. The summed E-state index contributed by atoms with van der Waals surface area (Å²) in [5.74, 6) is -0.638. The highest BCUT2D eigenvalue weighted by molar-refractivity contribution is 5.78. The molecular formula is C9H18N2O3. The van der Waals surface area contributed by atoms with E-state index in [1.54, 1.807) is 14.0 Å². The van der Waals surface area contributed by atoms with Gasteiger partial charge < -0.3 is 15.4 Å². The van der Waals surface area contributed by atoms with Crippen molar-refractivity contribution in [3.8, 4) is 0 Å². The van der Waals surface area contributed by atoms with E-state index < -0.39 is 0 Å². The van der Waals surface area contributed by atoms with Gasteiger partial charge in [-0.1, -0.05) is 6.92 Å². The molecule has 0 aliphatic rings. The summed E-state index contributed by atoms with van der Waals surface area (Å²) in [5, 5.41) is 5.42. The Bertz CT molecular complexity index is 206. The first-order chi connectivity index (χ1) is 6.52. The molecule has 0 spiro atoms. The second-order valence-electron chi connectivity index (χ2n) is 3.15. The van der Waals surface area contributed by atoms with E-state index in [4.69, 9.17) is 0 Å². The molecule has 5 nitrogen and oxygen atoms in total. The van der Waals surface area contributed by atoms with Gasteiger partial charge in [0.2, 0.25) is 5.91 Å². The van der Waals surface area contributed by atoms with E-state index in [0.29, 0.717) is 0 Å². The van der Waals surface area contributed by atoms with Gasteiger partial charge in [0.1, 0.15) is 0 Å². The van der Waals surface area contributed by atoms with Gasteiger partial charge >= 0.3 is 5.97 Å². The minimum atomic E-state index is -0.276. The Labute approximate surface area is 84.2 Å². The highest BCUT2D eigenvalue weighted by Crippen LogP contribution is 2.03. The largest absolute Gasteiger partial charge is 0.469 e. The molecule has 2 atom stereocenters. The zero-order chi connectivity index (χ0) is 11.1. The summed E-state index contributed by atoms with van der Waals surface area (Å²) < 4.78 is 4.59. The number of carbonyl (C=O) groups is 2. The summed E-state index contributed by atoms with van der Waals surface area (Å²) in [5.41, 5.74) is 0. The molecule has 5 heteroatoms. The molecule has 1 amide bonds. The minimum Gasteiger partial charge on any atom is -0.469 e. The van der Waals surface area contributed by atoms with Crippen LogP contribution < -0.4 is 10.6 Å². The van der Waals surface area contributed by atoms with Crippen molar-refractivity contribution in [2.75, 3.05) is 20.7 Å². The summed E-state index contributed by atoms with van der Waals surface area (Å²) in [7, 11) is 2.92. The van der Waals surface area contributed by atoms with Crippen LogP contribution in [0.4, 0.5) is 0 Å². The van der Waals surface area contributed by atoms with Crippen LogP contribution in [0, 0.1) is 5.92 Å². The Balaban J connectivity index is 3.89. The summed E-state index contributed by atoms with van der Waals surface area (Å²) in [6.07, 6.45) is 0. The maximum absolute atomic E-state index is 11.1. The van der Waals surface area contributed by atoms with Gasteiger partial charge in [-0.25, -0.2) is 0 Å². The fraction of sp³-hybridized carbons (Fsp3) is 0.778. The van der Waals surface area contributed by atoms with Crippen molar-refractivity contribution < 1.29 is 14.3 Å². The van der Waals surface area contributed by atoms with E-state index in [2.05, 4.69) is 15.4 Å². The van der Waals surface area contributed by atoms with Crippen molar-refractivity contribution in [1.29, 1.82) is 0 Å². The van der Waals surface area contributed by atoms with Gasteiger partial charge in [0, 0.05) is 13.1 Å². The van der Waals surface area contributed by atoms with Crippen LogP contribution in [0.15, 0.2) is 0 Å². The zero-order valence-corrected chi connectivity index (χ0v) is 9.09. The minimum absolute atomic E-state index is 0.0836. The van der Waals surface area contributed by atoms with E-state index in [-0.39, 0.29) is 30.4 Å². The van der Waals surface area contributed by atoms with Gasteiger partial charge in [-0.3, -0.25) is 9.59 Å². The van der Waals surface area contributed by atoms with E-state index in [1.807, 2.05) is 6.92 Å². The third kappa shape index (κ3) is 4.23. The van der Waals surface area contributed by atoms with Crippen molar-refractivity contribution in [3.63, 3.8) is 0 Å². The predicted molar refractivity (Wildman–Crippen MR) is 52.7 cm³/mol. The summed E-state index contributed by atoms with van der Waals surface area (Å²) in [4.78, 5) is 22.0. The van der Waals surface area contributed by atoms with E-state index in [9.17, 15) is 9.59 Å². The second-order valence-corrected chi connectivity index (χ2v) is 3.15. The number of esters is 1. The Hall–Kier alpha value is -1.10. The molecule has 0 radical (unpaired) electrons. The summed E-state index contributed by atoms with van der Waals surface area (Å²) in [6, 6.07) is -0.0836. The Morgan fingerprint density at radius 1 is 1.36 bits per heavy atom. The second kappa shape index (κ2) is 6.37. The van der Waals surface area contributed by atoms with Crippen molar-refractivity contribution in [2.24, 2.45) is 5.92 Å². The van der Waals surface area contributed by atoms with Gasteiger partial charge in [-0.2, -0.15) is 0 Å². The lowest BCUT2D eigenvalue weighted by atomic mass is 10.0. The molecule has 2 N–H and O–H groups in total. The third-order valence-corrected chi connectivity index (χ3v) is 2.19. The lowest BCUT2D eigenvalue weighted by Gasteiger charge is -2.18. The highest BCUT2D eigenvalue weighted by atomic mass is 16.5. The molecule has 0 aliphatic heterocycles. The molecular weight excluding hydrogens is 184 g/mol. The number of carbonyl (C=O) groups excluding carboxylic acids is 2. The van der Waals surface area contributed by atoms with E-state index in [1.165, 1.54) is 7.11 Å². The summed E-state index contributed by atoms with van der Waals surface area (Å²) >= 11 is 0. The topological polar surface area (TPSA) is 67.4 Å². The van der Waals surface area contributed by atoms with Crippen LogP contribution in [-0.4, -0.2) is 38.6 Å². The SMILES string of the molecule is CNC(=O)CNC(C)C(C)C(=O)OC. The smallest absolute Gasteiger partial charge is 0.309 e. The molecule has 0 saturated carbocycles. The van der Waals surface area contributed by atoms with Gasteiger partial charge in [0.25, 0.3) is 0 Å². The van der Waals surface area contributed by atoms with E-state index in [0.717, 1.165) is 0 Å². The zero-order valence-electron chi connectivity index (χ0n) is 9.09. The van der Waals surface area contributed by atoms with Crippen LogP contribution in [0.25, 0.3) is 0 Å². The number of methoxy groups -OCH3 is 1. The van der Waals surface area contributed by atoms with Gasteiger partial charge in [-0.05, 0) is 6.92 Å². The fourth-order valence-electron chi connectivity index (χ4n) is 0.909. The Morgan fingerprint density at radius 3 is 2.36 bits per heavy atom. The first kappa shape index (κ1) is 12.9. The molecule has 0 heterocycles. The standard InChI is InChI=1S/C9H18N2O3/c1-6(9(13)14-4)7(2)11-5-8(12)10-3/h6-7,11H,5H2,1-4H3,(H,10,12). The maximum atomic E-state index is 11.1. The van der Waals surface area contributed by atoms with Crippen molar-refractivity contribution >= 4 is 11.9 Å². The van der Waals surface area contributed by atoms with Gasteiger partial charge in [-0.15, -0.1) is 0 Å². The number of hydrogen-bond donors (Lipinski definition) is 2. The number of rotatable bonds is 5. The molecule has 0 aromatic rings. The molecule has 0 aromatic carbocycles. The Kier molecular flexibility index (Phi) is 5.87. The van der Waals surface area contributed by atoms with Crippen LogP contribution in [-0.2, 0) is 14.3 Å². The normalized spacial score (nSPS) is 14.3. The molecule has 2 unspecified atom stereocenters. The lowest BCUT2D eigenvalue weighted by molar-refractivity contribution is -0.145. The molecule has 0 bridgehead atoms. The average Bonchev–Trinajstić information content (AvgIpc) is 2.22. The van der Waals surface area contributed by atoms with E-state index >= 15 is 0 Å². The molecule has 0 saturated heterocycles. The molecule has 0 fully saturated rings. The monoisotopic (exact) mass is 202 g/mol. The van der Waals surface area contributed by atoms with Crippen LogP contribution in [0.1, 0.15) is 13.8 Å². The van der Waals surface area contributed by atoms with Crippen LogP contribution >= 0.6 is 0 Å². The predicted octanol–water partition coefficient (Wildman–Crippen LogP) is -0.480. The first-order valence-corrected chi connectivity index (χ1v) is 4.54. The quantitative estimate of drug-likeness (QED) is 0.591. The number of amides is 1. The van der Waals surface area contributed by atoms with Crippen molar-refractivity contribution in [1.82, 2.24) is 10.6 Å². The van der Waals surface area contributed by atoms with Crippen molar-refractivity contribution in [3.05, 3.63) is 0 Å². The van der Waals surface area contributed by atoms with Gasteiger partial charge in [0.05, 0.1) is 19.6 Å². The third-order valence-electron chi connectivity index (χ3n) is 2.19. The number of ether oxygens (including phenoxy) is 1. The van der Waals surface area contributed by atoms with Crippen LogP contribution in [0.5, 0.6) is 0 Å². The molecule has 82 valence electrons. The number of nitrogens with one attached hydrogen (secondary N) is 2. The lowest BCUT2D eigenvalue weighted by Crippen LogP contribution is -2.41. The molecule has 0 aliphatic carbocycles. The number of likely N-dealkylation sites (N-methyl/N-ethyl adjacent to an activating group) is 1. The van der Waals surface area contributed by atoms with Gasteiger partial charge in [0.15, 0.2) is 0 Å². The highest BCUT2D eigenvalue weighted by Gasteiger charge is 2.20. The Morgan fingerprint density at radius 2 is 1.93 bits per heavy atom. The summed E-state index contributed by atoms with van der Waals surface area (Å²) in [6.45, 7) is 3.80. The molecule has 0 rings (SSSR count). The van der Waals surface area contributed by atoms with Crippen LogP contribution in [0.2, 0.25) is 0 Å². The maximum Gasteiger partial charge on any atom is 0.309 e. The average molecular weight is 202 g/mol. The molecule has 14 heavy (non-hydrogen) atoms.